The molecular formula is C24H24FN3O3S. The highest BCUT2D eigenvalue weighted by Gasteiger charge is 2.30. The van der Waals surface area contributed by atoms with Crippen LogP contribution in [0, 0.1) is 18.7 Å². The molecule has 1 aliphatic carbocycles. The lowest BCUT2D eigenvalue weighted by Gasteiger charge is -2.19. The lowest BCUT2D eigenvalue weighted by molar-refractivity contribution is 0.0744. The van der Waals surface area contributed by atoms with E-state index in [4.69, 9.17) is 4.74 Å². The largest absolute Gasteiger partial charge is 0.492 e. The molecule has 166 valence electrons. The summed E-state index contributed by atoms with van der Waals surface area (Å²) in [6, 6.07) is 10.4. The van der Waals surface area contributed by atoms with Crippen LogP contribution in [0.15, 0.2) is 47.5 Å². The quantitative estimate of drug-likeness (QED) is 0.566. The van der Waals surface area contributed by atoms with Crippen LogP contribution in [-0.2, 0) is 23.9 Å². The highest BCUT2D eigenvalue weighted by Crippen LogP contribution is 2.33. The highest BCUT2D eigenvalue weighted by molar-refractivity contribution is 7.84. The molecule has 2 aliphatic rings. The van der Waals surface area contributed by atoms with Gasteiger partial charge in [-0.2, -0.15) is 5.10 Å². The average Bonchev–Trinajstić information content (AvgIpc) is 3.40. The number of amides is 1. The minimum Gasteiger partial charge on any atom is -0.492 e. The molecule has 5 rings (SSSR count). The molecule has 32 heavy (non-hydrogen) atoms. The number of ether oxygens (including phenoxy) is 1. The molecule has 1 saturated carbocycles. The summed E-state index contributed by atoms with van der Waals surface area (Å²) in [5, 5.41) is 4.53. The molecule has 1 atom stereocenters. The number of aromatic nitrogens is 2. The Balaban J connectivity index is 1.38. The second kappa shape index (κ2) is 8.16. The van der Waals surface area contributed by atoms with Crippen molar-refractivity contribution in [2.45, 2.75) is 37.8 Å². The van der Waals surface area contributed by atoms with Gasteiger partial charge in [0.05, 0.1) is 24.4 Å². The molecule has 0 bridgehead atoms. The van der Waals surface area contributed by atoms with E-state index >= 15 is 0 Å². The number of benzene rings is 2. The SMILES string of the molecule is Cc1cccc(-n2cc3c(n2)CN(C(=O)c2cc(S(C)=O)ccc2OCC2CC2)C3)c1F. The number of halogens is 1. The summed E-state index contributed by atoms with van der Waals surface area (Å²) in [5.41, 5.74) is 3.00. The first-order chi connectivity index (χ1) is 15.4. The van der Waals surface area contributed by atoms with Gasteiger partial charge in [0.1, 0.15) is 11.4 Å². The van der Waals surface area contributed by atoms with Gasteiger partial charge < -0.3 is 9.64 Å². The fraction of sp³-hybridized carbons (Fsp3) is 0.333. The van der Waals surface area contributed by atoms with Gasteiger partial charge in [0.25, 0.3) is 5.91 Å². The Bertz CT molecular complexity index is 1210. The van der Waals surface area contributed by atoms with Gasteiger partial charge in [-0.05, 0) is 55.5 Å². The van der Waals surface area contributed by atoms with Gasteiger partial charge in [0.15, 0.2) is 5.82 Å². The van der Waals surface area contributed by atoms with Crippen molar-refractivity contribution >= 4 is 16.7 Å². The third kappa shape index (κ3) is 3.95. The van der Waals surface area contributed by atoms with Crippen molar-refractivity contribution in [3.05, 3.63) is 70.8 Å². The van der Waals surface area contributed by atoms with Crippen molar-refractivity contribution in [2.24, 2.45) is 5.92 Å². The Hall–Kier alpha value is -3.00. The molecule has 8 heteroatoms. The van der Waals surface area contributed by atoms with Gasteiger partial charge >= 0.3 is 0 Å². The van der Waals surface area contributed by atoms with Crippen molar-refractivity contribution in [1.82, 2.24) is 14.7 Å². The fourth-order valence-corrected chi connectivity index (χ4v) is 4.42. The number of carbonyl (C=O) groups is 1. The lowest BCUT2D eigenvalue weighted by Crippen LogP contribution is -2.26. The number of rotatable bonds is 6. The van der Waals surface area contributed by atoms with Crippen LogP contribution < -0.4 is 4.74 Å². The maximum Gasteiger partial charge on any atom is 0.258 e. The molecule has 1 amide bonds. The van der Waals surface area contributed by atoms with Crippen molar-refractivity contribution in [3.63, 3.8) is 0 Å². The van der Waals surface area contributed by atoms with E-state index in [9.17, 15) is 13.4 Å². The van der Waals surface area contributed by atoms with E-state index in [2.05, 4.69) is 5.10 Å². The lowest BCUT2D eigenvalue weighted by atomic mass is 10.1. The first kappa shape index (κ1) is 20.9. The third-order valence-corrected chi connectivity index (χ3v) is 6.89. The van der Waals surface area contributed by atoms with E-state index in [0.29, 0.717) is 53.1 Å². The zero-order chi connectivity index (χ0) is 22.4. The van der Waals surface area contributed by atoms with Gasteiger partial charge in [-0.15, -0.1) is 0 Å². The van der Waals surface area contributed by atoms with E-state index in [0.717, 1.165) is 24.1 Å². The molecule has 1 aliphatic heterocycles. The number of hydrogen-bond donors (Lipinski definition) is 0. The van der Waals surface area contributed by atoms with Crippen molar-refractivity contribution in [3.8, 4) is 11.4 Å². The molecule has 6 nitrogen and oxygen atoms in total. The molecule has 0 spiro atoms. The second-order valence-electron chi connectivity index (χ2n) is 8.48. The Morgan fingerprint density at radius 2 is 2.06 bits per heavy atom. The number of carbonyl (C=O) groups excluding carboxylic acids is 1. The van der Waals surface area contributed by atoms with Gasteiger partial charge in [0.2, 0.25) is 0 Å². The maximum absolute atomic E-state index is 14.5. The van der Waals surface area contributed by atoms with Crippen LogP contribution in [0.25, 0.3) is 5.69 Å². The highest BCUT2D eigenvalue weighted by atomic mass is 32.2. The topological polar surface area (TPSA) is 64.4 Å². The zero-order valence-electron chi connectivity index (χ0n) is 18.0. The predicted octanol–water partition coefficient (Wildman–Crippen LogP) is 4.00. The molecule has 1 unspecified atom stereocenters. The van der Waals surface area contributed by atoms with Crippen LogP contribution in [0.1, 0.15) is 40.0 Å². The van der Waals surface area contributed by atoms with E-state index in [1.165, 1.54) is 0 Å². The minimum atomic E-state index is -1.20. The van der Waals surface area contributed by atoms with Gasteiger partial charge in [0, 0.05) is 40.3 Å². The van der Waals surface area contributed by atoms with E-state index < -0.39 is 10.8 Å². The van der Waals surface area contributed by atoms with Crippen LogP contribution in [0.4, 0.5) is 4.39 Å². The monoisotopic (exact) mass is 453 g/mol. The van der Waals surface area contributed by atoms with Crippen LogP contribution >= 0.6 is 0 Å². The molecular weight excluding hydrogens is 429 g/mol. The van der Waals surface area contributed by atoms with E-state index in [1.54, 1.807) is 65.4 Å². The predicted molar refractivity (Wildman–Crippen MR) is 119 cm³/mol. The number of aryl methyl sites for hydroxylation is 1. The Labute approximate surface area is 188 Å². The van der Waals surface area contributed by atoms with Crippen molar-refractivity contribution in [1.29, 1.82) is 0 Å². The van der Waals surface area contributed by atoms with Crippen LogP contribution in [0.3, 0.4) is 0 Å². The number of fused-ring (bicyclic) bond motifs is 1. The second-order valence-corrected chi connectivity index (χ2v) is 9.86. The molecule has 1 aromatic heterocycles. The third-order valence-electron chi connectivity index (χ3n) is 5.97. The molecule has 2 aromatic carbocycles. The first-order valence-electron chi connectivity index (χ1n) is 10.6. The van der Waals surface area contributed by atoms with Gasteiger partial charge in [-0.1, -0.05) is 12.1 Å². The van der Waals surface area contributed by atoms with Crippen LogP contribution in [0.5, 0.6) is 5.75 Å². The summed E-state index contributed by atoms with van der Waals surface area (Å²) in [4.78, 5) is 15.7. The number of nitrogens with zero attached hydrogens (tertiary/aromatic N) is 3. The average molecular weight is 454 g/mol. The summed E-state index contributed by atoms with van der Waals surface area (Å²) in [7, 11) is -1.20. The summed E-state index contributed by atoms with van der Waals surface area (Å²) in [5.74, 6) is 0.585. The summed E-state index contributed by atoms with van der Waals surface area (Å²) in [6.45, 7) is 3.01. The summed E-state index contributed by atoms with van der Waals surface area (Å²) >= 11 is 0. The summed E-state index contributed by atoms with van der Waals surface area (Å²) in [6.07, 6.45) is 5.67. The first-order valence-corrected chi connectivity index (χ1v) is 12.2. The molecule has 0 radical (unpaired) electrons. The molecule has 3 aromatic rings. The van der Waals surface area contributed by atoms with Crippen LogP contribution in [0.2, 0.25) is 0 Å². The zero-order valence-corrected chi connectivity index (χ0v) is 18.8. The van der Waals surface area contributed by atoms with E-state index in [1.807, 2.05) is 0 Å². The molecule has 2 heterocycles. The Kier molecular flexibility index (Phi) is 5.33. The molecule has 1 fully saturated rings. The van der Waals surface area contributed by atoms with Crippen molar-refractivity contribution < 1.29 is 18.1 Å². The van der Waals surface area contributed by atoms with Gasteiger partial charge in [-0.25, -0.2) is 9.07 Å². The normalized spacial score (nSPS) is 16.2. The van der Waals surface area contributed by atoms with Crippen LogP contribution in [-0.4, -0.2) is 37.7 Å². The Morgan fingerprint density at radius 1 is 1.25 bits per heavy atom. The van der Waals surface area contributed by atoms with Crippen molar-refractivity contribution in [2.75, 3.05) is 12.9 Å². The maximum atomic E-state index is 14.5. The smallest absolute Gasteiger partial charge is 0.258 e. The standard InChI is InChI=1S/C24H24FN3O3S/c1-15-4-3-5-21(23(15)25)28-12-17-11-27(13-20(17)26-28)24(29)19-10-18(32(2)30)8-9-22(19)31-14-16-6-7-16/h3-5,8-10,12,16H,6-7,11,13-14H2,1-2H3. The van der Waals surface area contributed by atoms with Gasteiger partial charge in [-0.3, -0.25) is 9.00 Å². The Morgan fingerprint density at radius 3 is 2.78 bits per heavy atom. The van der Waals surface area contributed by atoms with E-state index in [-0.39, 0.29) is 11.7 Å². The molecule has 0 saturated heterocycles. The minimum absolute atomic E-state index is 0.186. The summed E-state index contributed by atoms with van der Waals surface area (Å²) < 4.78 is 34.0. The fourth-order valence-electron chi connectivity index (χ4n) is 3.87. The molecule has 0 N–H and O–H groups in total. The number of hydrogen-bond acceptors (Lipinski definition) is 4.